The summed E-state index contributed by atoms with van der Waals surface area (Å²) in [4.78, 5) is 26.8. The van der Waals surface area contributed by atoms with Crippen molar-refractivity contribution in [1.29, 1.82) is 0 Å². The SMILES string of the molecule is CO[C@@](C(=O)N1CCC2(CC1)CC(=O)NC[C@H]2c1ccccc1C(F)(F)F)(c1ccccc1)C(F)(F)F. The topological polar surface area (TPSA) is 58.6 Å². The molecular formula is C26H26F6N2O3. The van der Waals surface area contributed by atoms with Gasteiger partial charge in [0.25, 0.3) is 11.5 Å². The van der Waals surface area contributed by atoms with Gasteiger partial charge < -0.3 is 15.0 Å². The molecule has 2 atom stereocenters. The summed E-state index contributed by atoms with van der Waals surface area (Å²) in [7, 11) is 0.819. The van der Waals surface area contributed by atoms with Crippen molar-refractivity contribution in [2.24, 2.45) is 5.41 Å². The third-order valence-corrected chi connectivity index (χ3v) is 7.63. The van der Waals surface area contributed by atoms with Crippen LogP contribution in [-0.4, -0.2) is 49.6 Å². The molecule has 0 bridgehead atoms. The van der Waals surface area contributed by atoms with Gasteiger partial charge in [0.05, 0.1) is 5.56 Å². The Morgan fingerprint density at radius 2 is 1.57 bits per heavy atom. The normalized spacial score (nSPS) is 21.9. The number of carbonyl (C=O) groups is 2. The number of nitrogens with one attached hydrogen (secondary N) is 1. The number of methoxy groups -OCH3 is 1. The average molecular weight is 528 g/mol. The fraction of sp³-hybridized carbons (Fsp3) is 0.462. The number of ether oxygens (including phenoxy) is 1. The van der Waals surface area contributed by atoms with Crippen LogP contribution in [0, 0.1) is 5.41 Å². The Labute approximate surface area is 209 Å². The number of hydrogen-bond acceptors (Lipinski definition) is 3. The zero-order valence-electron chi connectivity index (χ0n) is 20.0. The van der Waals surface area contributed by atoms with Gasteiger partial charge in [-0.3, -0.25) is 9.59 Å². The number of benzene rings is 2. The fourth-order valence-corrected chi connectivity index (χ4v) is 5.74. The summed E-state index contributed by atoms with van der Waals surface area (Å²) in [5, 5.41) is 2.63. The summed E-state index contributed by atoms with van der Waals surface area (Å²) >= 11 is 0. The summed E-state index contributed by atoms with van der Waals surface area (Å²) in [5.41, 5.74) is -5.33. The lowest BCUT2D eigenvalue weighted by Crippen LogP contribution is -2.60. The number of halogens is 6. The first-order valence-corrected chi connectivity index (χ1v) is 11.8. The van der Waals surface area contributed by atoms with Gasteiger partial charge in [-0.05, 0) is 29.9 Å². The molecule has 2 aromatic rings. The molecule has 2 heterocycles. The molecule has 2 saturated heterocycles. The van der Waals surface area contributed by atoms with Crippen molar-refractivity contribution in [2.45, 2.75) is 43.1 Å². The Kier molecular flexibility index (Phi) is 7.04. The summed E-state index contributed by atoms with van der Waals surface area (Å²) in [6, 6.07) is 11.7. The number of hydrogen-bond donors (Lipinski definition) is 1. The molecule has 37 heavy (non-hydrogen) atoms. The van der Waals surface area contributed by atoms with E-state index < -0.39 is 40.8 Å². The van der Waals surface area contributed by atoms with E-state index in [-0.39, 0.29) is 55.9 Å². The molecule has 2 aliphatic heterocycles. The van der Waals surface area contributed by atoms with Gasteiger partial charge in [0.1, 0.15) is 0 Å². The van der Waals surface area contributed by atoms with E-state index >= 15 is 0 Å². The Hall–Kier alpha value is -3.08. The molecule has 0 aliphatic carbocycles. The van der Waals surface area contributed by atoms with Gasteiger partial charge in [-0.15, -0.1) is 0 Å². The van der Waals surface area contributed by atoms with Gasteiger partial charge in [-0.2, -0.15) is 26.3 Å². The molecular weight excluding hydrogens is 502 g/mol. The van der Waals surface area contributed by atoms with Crippen molar-refractivity contribution in [2.75, 3.05) is 26.7 Å². The van der Waals surface area contributed by atoms with Crippen molar-refractivity contribution in [1.82, 2.24) is 10.2 Å². The molecule has 1 spiro atoms. The molecule has 2 amide bonds. The first-order chi connectivity index (χ1) is 17.4. The van der Waals surface area contributed by atoms with Crippen LogP contribution >= 0.6 is 0 Å². The van der Waals surface area contributed by atoms with E-state index in [9.17, 15) is 35.9 Å². The first kappa shape index (κ1) is 27.0. The molecule has 0 radical (unpaired) electrons. The van der Waals surface area contributed by atoms with Gasteiger partial charge in [-0.25, -0.2) is 0 Å². The van der Waals surface area contributed by atoms with Gasteiger partial charge in [0.2, 0.25) is 5.91 Å². The molecule has 5 nitrogen and oxygen atoms in total. The highest BCUT2D eigenvalue weighted by molar-refractivity contribution is 5.88. The summed E-state index contributed by atoms with van der Waals surface area (Å²) in [6.45, 7) is -0.357. The van der Waals surface area contributed by atoms with Gasteiger partial charge in [0, 0.05) is 44.6 Å². The second-order valence-electron chi connectivity index (χ2n) is 9.52. The Balaban J connectivity index is 1.66. The zero-order valence-corrected chi connectivity index (χ0v) is 20.0. The predicted molar refractivity (Wildman–Crippen MR) is 121 cm³/mol. The predicted octanol–water partition coefficient (Wildman–Crippen LogP) is 5.02. The van der Waals surface area contributed by atoms with E-state index in [4.69, 9.17) is 4.74 Å². The van der Waals surface area contributed by atoms with Crippen LogP contribution in [0.15, 0.2) is 54.6 Å². The number of likely N-dealkylation sites (tertiary alicyclic amines) is 1. The zero-order chi connectivity index (χ0) is 27.1. The molecule has 0 aromatic heterocycles. The summed E-state index contributed by atoms with van der Waals surface area (Å²) in [5.74, 6) is -2.36. The van der Waals surface area contributed by atoms with Crippen LogP contribution in [-0.2, 0) is 26.1 Å². The number of amides is 2. The first-order valence-electron chi connectivity index (χ1n) is 11.8. The minimum atomic E-state index is -5.08. The van der Waals surface area contributed by atoms with Crippen LogP contribution in [0.3, 0.4) is 0 Å². The highest BCUT2D eigenvalue weighted by atomic mass is 19.4. The van der Waals surface area contributed by atoms with Gasteiger partial charge in [0.15, 0.2) is 0 Å². The van der Waals surface area contributed by atoms with Crippen molar-refractivity contribution in [3.05, 3.63) is 71.3 Å². The maximum atomic E-state index is 14.4. The number of alkyl halides is 6. The van der Waals surface area contributed by atoms with E-state index in [1.54, 1.807) is 0 Å². The third-order valence-electron chi connectivity index (χ3n) is 7.63. The number of carbonyl (C=O) groups excluding carboxylic acids is 2. The van der Waals surface area contributed by atoms with E-state index in [0.717, 1.165) is 30.2 Å². The Morgan fingerprint density at radius 3 is 2.14 bits per heavy atom. The molecule has 1 N–H and O–H groups in total. The van der Waals surface area contributed by atoms with Crippen LogP contribution in [0.5, 0.6) is 0 Å². The molecule has 2 aromatic carbocycles. The van der Waals surface area contributed by atoms with Gasteiger partial charge >= 0.3 is 12.4 Å². The van der Waals surface area contributed by atoms with Crippen LogP contribution in [0.4, 0.5) is 26.3 Å². The van der Waals surface area contributed by atoms with Crippen molar-refractivity contribution in [3.63, 3.8) is 0 Å². The van der Waals surface area contributed by atoms with Crippen LogP contribution in [0.2, 0.25) is 0 Å². The molecule has 200 valence electrons. The van der Waals surface area contributed by atoms with E-state index in [1.807, 2.05) is 0 Å². The lowest BCUT2D eigenvalue weighted by molar-refractivity contribution is -0.271. The molecule has 4 rings (SSSR count). The third kappa shape index (κ3) is 4.69. The quantitative estimate of drug-likeness (QED) is 0.567. The van der Waals surface area contributed by atoms with E-state index in [1.165, 1.54) is 36.4 Å². The maximum absolute atomic E-state index is 14.4. The molecule has 11 heteroatoms. The monoisotopic (exact) mass is 528 g/mol. The average Bonchev–Trinajstić information content (AvgIpc) is 2.84. The smallest absolute Gasteiger partial charge is 0.356 e. The highest BCUT2D eigenvalue weighted by Crippen LogP contribution is 2.52. The second kappa shape index (κ2) is 9.66. The summed E-state index contributed by atoms with van der Waals surface area (Å²) < 4.78 is 89.4. The number of nitrogens with zero attached hydrogens (tertiary/aromatic N) is 1. The van der Waals surface area contributed by atoms with Crippen molar-refractivity contribution in [3.8, 4) is 0 Å². The van der Waals surface area contributed by atoms with E-state index in [0.29, 0.717) is 0 Å². The minimum Gasteiger partial charge on any atom is -0.356 e. The number of piperidine rings is 2. The largest absolute Gasteiger partial charge is 0.430 e. The highest BCUT2D eigenvalue weighted by Gasteiger charge is 2.64. The van der Waals surface area contributed by atoms with Crippen molar-refractivity contribution < 1.29 is 40.7 Å². The van der Waals surface area contributed by atoms with Crippen LogP contribution < -0.4 is 5.32 Å². The van der Waals surface area contributed by atoms with Crippen LogP contribution in [0.25, 0.3) is 0 Å². The Morgan fingerprint density at radius 1 is 0.973 bits per heavy atom. The van der Waals surface area contributed by atoms with Crippen molar-refractivity contribution >= 4 is 11.8 Å². The molecule has 2 aliphatic rings. The Bertz CT molecular complexity index is 1140. The van der Waals surface area contributed by atoms with E-state index in [2.05, 4.69) is 5.32 Å². The minimum absolute atomic E-state index is 0.0283. The van der Waals surface area contributed by atoms with Crippen LogP contribution in [0.1, 0.15) is 41.9 Å². The second-order valence-corrected chi connectivity index (χ2v) is 9.52. The molecule has 2 fully saturated rings. The summed E-state index contributed by atoms with van der Waals surface area (Å²) in [6.07, 6.45) is -9.64. The molecule has 0 unspecified atom stereocenters. The number of rotatable bonds is 4. The lowest BCUT2D eigenvalue weighted by Gasteiger charge is -2.50. The maximum Gasteiger partial charge on any atom is 0.430 e. The van der Waals surface area contributed by atoms with Gasteiger partial charge in [-0.1, -0.05) is 48.5 Å². The fourth-order valence-electron chi connectivity index (χ4n) is 5.74. The lowest BCUT2D eigenvalue weighted by atomic mass is 9.62. The standard InChI is InChI=1S/C26H26F6N2O3/c1-37-24(26(30,31)32,17-7-3-2-4-8-17)22(36)34-13-11-23(12-14-34)15-21(35)33-16-20(23)18-9-5-6-10-19(18)25(27,28)29/h2-10,20H,11-16H2,1H3,(H,33,35)/t20-,24+/m0/s1. The molecule has 0 saturated carbocycles.